The Hall–Kier alpha value is -3.30. The molecule has 0 saturated carbocycles. The summed E-state index contributed by atoms with van der Waals surface area (Å²) in [5.74, 6) is 1.16. The standard InChI is InChI=1S/C28H29NO2/c1-18(2)21-8-11-25-27(16-21)26(17-22-15-23(30)14-19(3)28(22)25)20-6-9-24(10-7-20)31-13-12-29(4)5/h6-11,14-17,30H,1,12-13H2,2-5H3. The van der Waals surface area contributed by atoms with Gasteiger partial charge in [-0.25, -0.2) is 0 Å². The first-order valence-corrected chi connectivity index (χ1v) is 10.6. The predicted molar refractivity (Wildman–Crippen MR) is 132 cm³/mol. The molecule has 0 aliphatic heterocycles. The molecule has 3 heteroatoms. The molecule has 1 N–H and O–H groups in total. The largest absolute Gasteiger partial charge is 0.508 e. The summed E-state index contributed by atoms with van der Waals surface area (Å²) in [6.07, 6.45) is 0. The molecule has 0 aliphatic rings. The summed E-state index contributed by atoms with van der Waals surface area (Å²) in [7, 11) is 4.08. The second kappa shape index (κ2) is 8.44. The maximum Gasteiger partial charge on any atom is 0.119 e. The molecule has 4 aromatic carbocycles. The zero-order chi connectivity index (χ0) is 22.1. The maximum atomic E-state index is 10.2. The highest BCUT2D eigenvalue weighted by Gasteiger charge is 2.13. The van der Waals surface area contributed by atoms with E-state index in [9.17, 15) is 5.11 Å². The van der Waals surface area contributed by atoms with E-state index < -0.39 is 0 Å². The van der Waals surface area contributed by atoms with E-state index in [1.54, 1.807) is 0 Å². The number of likely N-dealkylation sites (N-methyl/N-ethyl adjacent to an activating group) is 1. The Kier molecular flexibility index (Phi) is 5.71. The normalized spacial score (nSPS) is 11.4. The van der Waals surface area contributed by atoms with Crippen LogP contribution in [0.1, 0.15) is 18.1 Å². The summed E-state index contributed by atoms with van der Waals surface area (Å²) in [5.41, 5.74) is 5.50. The van der Waals surface area contributed by atoms with Crippen LogP contribution in [0, 0.1) is 6.92 Å². The fraction of sp³-hybridized carbons (Fsp3) is 0.214. The van der Waals surface area contributed by atoms with Gasteiger partial charge in [0.15, 0.2) is 0 Å². The molecule has 0 spiro atoms. The molecule has 0 heterocycles. The van der Waals surface area contributed by atoms with Gasteiger partial charge in [-0.3, -0.25) is 0 Å². The number of aryl methyl sites for hydroxylation is 1. The van der Waals surface area contributed by atoms with Crippen molar-refractivity contribution < 1.29 is 9.84 Å². The van der Waals surface area contributed by atoms with Crippen molar-refractivity contribution >= 4 is 27.1 Å². The van der Waals surface area contributed by atoms with E-state index in [0.29, 0.717) is 12.4 Å². The first-order valence-electron chi connectivity index (χ1n) is 10.6. The van der Waals surface area contributed by atoms with Crippen LogP contribution in [0.2, 0.25) is 0 Å². The average Bonchev–Trinajstić information content (AvgIpc) is 2.72. The van der Waals surface area contributed by atoms with Gasteiger partial charge in [-0.1, -0.05) is 36.4 Å². The molecule has 3 nitrogen and oxygen atoms in total. The van der Waals surface area contributed by atoms with Crippen molar-refractivity contribution in [3.63, 3.8) is 0 Å². The van der Waals surface area contributed by atoms with Crippen LogP contribution in [-0.2, 0) is 0 Å². The van der Waals surface area contributed by atoms with Gasteiger partial charge < -0.3 is 14.7 Å². The number of ether oxygens (including phenoxy) is 1. The van der Waals surface area contributed by atoms with E-state index in [4.69, 9.17) is 4.74 Å². The Morgan fingerprint density at radius 2 is 1.71 bits per heavy atom. The molecule has 31 heavy (non-hydrogen) atoms. The maximum absolute atomic E-state index is 10.2. The Balaban J connectivity index is 1.87. The summed E-state index contributed by atoms with van der Waals surface area (Å²) in [6.45, 7) is 9.74. The topological polar surface area (TPSA) is 32.7 Å². The van der Waals surface area contributed by atoms with Crippen molar-refractivity contribution in [3.8, 4) is 22.6 Å². The minimum Gasteiger partial charge on any atom is -0.508 e. The Bertz CT molecular complexity index is 1270. The van der Waals surface area contributed by atoms with Gasteiger partial charge in [0.05, 0.1) is 0 Å². The van der Waals surface area contributed by atoms with E-state index in [1.165, 1.54) is 16.2 Å². The minimum atomic E-state index is 0.290. The van der Waals surface area contributed by atoms with E-state index >= 15 is 0 Å². The van der Waals surface area contributed by atoms with Crippen LogP contribution < -0.4 is 4.74 Å². The highest BCUT2D eigenvalue weighted by atomic mass is 16.5. The molecule has 0 radical (unpaired) electrons. The van der Waals surface area contributed by atoms with Crippen LogP contribution in [0.5, 0.6) is 11.5 Å². The molecule has 0 bridgehead atoms. The van der Waals surface area contributed by atoms with Gasteiger partial charge in [0.1, 0.15) is 18.1 Å². The lowest BCUT2D eigenvalue weighted by molar-refractivity contribution is 0.261. The summed E-state index contributed by atoms with van der Waals surface area (Å²) in [4.78, 5) is 2.10. The molecular formula is C28H29NO2. The lowest BCUT2D eigenvalue weighted by Crippen LogP contribution is -2.19. The van der Waals surface area contributed by atoms with Crippen molar-refractivity contribution in [3.05, 3.63) is 78.4 Å². The first-order chi connectivity index (χ1) is 14.8. The van der Waals surface area contributed by atoms with Gasteiger partial charge >= 0.3 is 0 Å². The second-order valence-corrected chi connectivity index (χ2v) is 8.50. The van der Waals surface area contributed by atoms with Crippen LogP contribution in [0.3, 0.4) is 0 Å². The number of hydrogen-bond acceptors (Lipinski definition) is 3. The Morgan fingerprint density at radius 1 is 0.968 bits per heavy atom. The molecule has 0 unspecified atom stereocenters. The first kappa shape index (κ1) is 21.0. The van der Waals surface area contributed by atoms with Crippen LogP contribution in [0.4, 0.5) is 0 Å². The van der Waals surface area contributed by atoms with Crippen molar-refractivity contribution in [2.45, 2.75) is 13.8 Å². The number of allylic oxidation sites excluding steroid dienone is 1. The average molecular weight is 412 g/mol. The summed E-state index contributed by atoms with van der Waals surface area (Å²) < 4.78 is 5.86. The van der Waals surface area contributed by atoms with E-state index in [2.05, 4.69) is 47.9 Å². The summed E-state index contributed by atoms with van der Waals surface area (Å²) >= 11 is 0. The van der Waals surface area contributed by atoms with Gasteiger partial charge in [0.2, 0.25) is 0 Å². The third-order valence-corrected chi connectivity index (χ3v) is 5.70. The van der Waals surface area contributed by atoms with E-state index in [-0.39, 0.29) is 0 Å². The smallest absolute Gasteiger partial charge is 0.119 e. The molecule has 158 valence electrons. The number of aromatic hydroxyl groups is 1. The zero-order valence-electron chi connectivity index (χ0n) is 18.7. The number of phenols is 1. The lowest BCUT2D eigenvalue weighted by atomic mass is 9.89. The zero-order valence-corrected chi connectivity index (χ0v) is 18.7. The van der Waals surface area contributed by atoms with Crippen LogP contribution >= 0.6 is 0 Å². The van der Waals surface area contributed by atoms with E-state index in [1.807, 2.05) is 52.2 Å². The number of benzene rings is 4. The predicted octanol–water partition coefficient (Wildman–Crippen LogP) is 6.65. The molecule has 0 aliphatic carbocycles. The SMILES string of the molecule is C=C(C)c1ccc2c(c1)c(-c1ccc(OCCN(C)C)cc1)cc1cc(O)cc(C)c12. The highest BCUT2D eigenvalue weighted by Crippen LogP contribution is 2.39. The third kappa shape index (κ3) is 4.28. The van der Waals surface area contributed by atoms with Crippen LogP contribution in [0.15, 0.2) is 67.2 Å². The van der Waals surface area contributed by atoms with Gasteiger partial charge in [0.25, 0.3) is 0 Å². The molecule has 0 atom stereocenters. The summed E-state index contributed by atoms with van der Waals surface area (Å²) in [5, 5.41) is 14.8. The number of phenolic OH excluding ortho intramolecular Hbond substituents is 1. The van der Waals surface area contributed by atoms with Gasteiger partial charge in [-0.05, 0) is 108 Å². The summed E-state index contributed by atoms with van der Waals surface area (Å²) in [6, 6.07) is 20.6. The van der Waals surface area contributed by atoms with Crippen molar-refractivity contribution in [1.82, 2.24) is 4.90 Å². The Labute approximate surface area is 184 Å². The quantitative estimate of drug-likeness (QED) is 0.361. The fourth-order valence-corrected chi connectivity index (χ4v) is 4.08. The van der Waals surface area contributed by atoms with Crippen molar-refractivity contribution in [2.24, 2.45) is 0 Å². The number of nitrogens with zero attached hydrogens (tertiary/aromatic N) is 1. The molecule has 4 rings (SSSR count). The molecule has 0 fully saturated rings. The van der Waals surface area contributed by atoms with Crippen LogP contribution in [0.25, 0.3) is 38.2 Å². The number of fused-ring (bicyclic) bond motifs is 3. The van der Waals surface area contributed by atoms with Gasteiger partial charge in [-0.2, -0.15) is 0 Å². The molecule has 0 amide bonds. The number of hydrogen-bond donors (Lipinski definition) is 1. The van der Waals surface area contributed by atoms with Gasteiger partial charge in [0, 0.05) is 6.54 Å². The molecule has 0 aromatic heterocycles. The third-order valence-electron chi connectivity index (χ3n) is 5.70. The molecule has 0 saturated heterocycles. The Morgan fingerprint density at radius 3 is 2.39 bits per heavy atom. The van der Waals surface area contributed by atoms with Crippen LogP contribution in [-0.4, -0.2) is 37.3 Å². The fourth-order valence-electron chi connectivity index (χ4n) is 4.08. The number of rotatable bonds is 6. The van der Waals surface area contributed by atoms with Crippen molar-refractivity contribution in [2.75, 3.05) is 27.2 Å². The highest BCUT2D eigenvalue weighted by molar-refractivity contribution is 6.15. The van der Waals surface area contributed by atoms with E-state index in [0.717, 1.165) is 45.5 Å². The monoisotopic (exact) mass is 411 g/mol. The second-order valence-electron chi connectivity index (χ2n) is 8.50. The van der Waals surface area contributed by atoms with Gasteiger partial charge in [-0.15, -0.1) is 0 Å². The minimum absolute atomic E-state index is 0.290. The van der Waals surface area contributed by atoms with Crippen molar-refractivity contribution in [1.29, 1.82) is 0 Å². The molecular weight excluding hydrogens is 382 g/mol. The molecule has 4 aromatic rings. The lowest BCUT2D eigenvalue weighted by Gasteiger charge is -2.15.